The van der Waals surface area contributed by atoms with Gasteiger partial charge in [0.2, 0.25) is 0 Å². The predicted molar refractivity (Wildman–Crippen MR) is 61.2 cm³/mol. The van der Waals surface area contributed by atoms with Gasteiger partial charge in [0.05, 0.1) is 32.0 Å². The summed E-state index contributed by atoms with van der Waals surface area (Å²) in [5.74, 6) is 0. The number of ether oxygens (including phenoxy) is 2. The molecule has 0 bridgehead atoms. The normalized spacial score (nSPS) is 30.2. The molecule has 0 saturated carbocycles. The number of benzene rings is 1. The lowest BCUT2D eigenvalue weighted by Crippen LogP contribution is -2.50. The van der Waals surface area contributed by atoms with Gasteiger partial charge in [-0.25, -0.2) is 0 Å². The van der Waals surface area contributed by atoms with E-state index in [4.69, 9.17) is 9.47 Å². The molecule has 2 heterocycles. The molecule has 0 unspecified atom stereocenters. The minimum atomic E-state index is 0.289. The molecular weight excluding hydrogens is 202 g/mol. The highest BCUT2D eigenvalue weighted by Crippen LogP contribution is 2.22. The Labute approximate surface area is 96.0 Å². The molecule has 3 nitrogen and oxygen atoms in total. The van der Waals surface area contributed by atoms with Gasteiger partial charge in [-0.1, -0.05) is 30.3 Å². The van der Waals surface area contributed by atoms with E-state index in [9.17, 15) is 0 Å². The predicted octanol–water partition coefficient (Wildman–Crippen LogP) is 1.29. The van der Waals surface area contributed by atoms with Crippen LogP contribution < -0.4 is 0 Å². The van der Waals surface area contributed by atoms with Gasteiger partial charge in [0.25, 0.3) is 0 Å². The number of morpholine rings is 1. The maximum Gasteiger partial charge on any atom is 0.0986 e. The molecule has 0 amide bonds. The molecule has 3 heteroatoms. The van der Waals surface area contributed by atoms with Crippen molar-refractivity contribution in [3.8, 4) is 0 Å². The maximum atomic E-state index is 5.70. The molecule has 0 aliphatic carbocycles. The number of hydrogen-bond donors (Lipinski definition) is 0. The third kappa shape index (κ3) is 1.98. The summed E-state index contributed by atoms with van der Waals surface area (Å²) >= 11 is 0. The van der Waals surface area contributed by atoms with Crippen LogP contribution in [0, 0.1) is 0 Å². The van der Waals surface area contributed by atoms with Gasteiger partial charge in [-0.3, -0.25) is 4.90 Å². The Kier molecular flexibility index (Phi) is 2.91. The number of hydrogen-bond acceptors (Lipinski definition) is 3. The van der Waals surface area contributed by atoms with Crippen LogP contribution in [0.1, 0.15) is 5.56 Å². The minimum Gasteiger partial charge on any atom is -0.377 e. The first kappa shape index (κ1) is 10.3. The molecule has 2 atom stereocenters. The third-order valence-electron chi connectivity index (χ3n) is 3.41. The third-order valence-corrected chi connectivity index (χ3v) is 3.41. The van der Waals surface area contributed by atoms with Crippen LogP contribution in [0.15, 0.2) is 30.3 Å². The van der Waals surface area contributed by atoms with Crippen molar-refractivity contribution >= 4 is 0 Å². The van der Waals surface area contributed by atoms with Crippen LogP contribution in [-0.4, -0.2) is 43.4 Å². The van der Waals surface area contributed by atoms with Gasteiger partial charge in [0.15, 0.2) is 0 Å². The zero-order chi connectivity index (χ0) is 10.8. The fraction of sp³-hybridized carbons (Fsp3) is 0.538. The summed E-state index contributed by atoms with van der Waals surface area (Å²) in [5, 5.41) is 0. The van der Waals surface area contributed by atoms with Crippen molar-refractivity contribution in [2.24, 2.45) is 0 Å². The molecular formula is C13H17NO2. The van der Waals surface area contributed by atoms with Gasteiger partial charge in [-0.15, -0.1) is 0 Å². The second-order valence-electron chi connectivity index (χ2n) is 4.47. The monoisotopic (exact) mass is 219 g/mol. The Balaban J connectivity index is 1.70. The molecule has 0 radical (unpaired) electrons. The number of rotatable bonds is 2. The lowest BCUT2D eigenvalue weighted by Gasteiger charge is -2.36. The van der Waals surface area contributed by atoms with E-state index < -0.39 is 0 Å². The van der Waals surface area contributed by atoms with Crippen LogP contribution in [0.2, 0.25) is 0 Å². The van der Waals surface area contributed by atoms with Crippen LogP contribution in [-0.2, 0) is 16.0 Å². The second-order valence-corrected chi connectivity index (χ2v) is 4.47. The van der Waals surface area contributed by atoms with Crippen molar-refractivity contribution < 1.29 is 9.47 Å². The van der Waals surface area contributed by atoms with Gasteiger partial charge in [0, 0.05) is 13.1 Å². The summed E-state index contributed by atoms with van der Waals surface area (Å²) in [7, 11) is 0. The summed E-state index contributed by atoms with van der Waals surface area (Å²) in [5.41, 5.74) is 1.37. The molecule has 86 valence electrons. The van der Waals surface area contributed by atoms with Gasteiger partial charge >= 0.3 is 0 Å². The largest absolute Gasteiger partial charge is 0.377 e. The molecule has 2 fully saturated rings. The highest BCUT2D eigenvalue weighted by molar-refractivity contribution is 5.15. The fourth-order valence-corrected chi connectivity index (χ4v) is 2.52. The highest BCUT2D eigenvalue weighted by Gasteiger charge is 2.36. The van der Waals surface area contributed by atoms with Gasteiger partial charge in [-0.2, -0.15) is 0 Å². The fourth-order valence-electron chi connectivity index (χ4n) is 2.52. The lowest BCUT2D eigenvalue weighted by molar-refractivity contribution is -0.0511. The highest BCUT2D eigenvalue weighted by atomic mass is 16.6. The Morgan fingerprint density at radius 2 is 2.06 bits per heavy atom. The van der Waals surface area contributed by atoms with Crippen LogP contribution in [0.4, 0.5) is 0 Å². The number of fused-ring (bicyclic) bond motifs is 1. The quantitative estimate of drug-likeness (QED) is 0.748. The molecule has 0 N–H and O–H groups in total. The summed E-state index contributed by atoms with van der Waals surface area (Å²) in [6.45, 7) is 4.43. The zero-order valence-electron chi connectivity index (χ0n) is 9.34. The average Bonchev–Trinajstić information content (AvgIpc) is 2.80. The molecule has 2 aliphatic rings. The first-order valence-electron chi connectivity index (χ1n) is 5.91. The Hall–Kier alpha value is -0.900. The van der Waals surface area contributed by atoms with Crippen molar-refractivity contribution in [3.63, 3.8) is 0 Å². The molecule has 1 aromatic rings. The average molecular weight is 219 g/mol. The van der Waals surface area contributed by atoms with E-state index in [2.05, 4.69) is 35.2 Å². The van der Waals surface area contributed by atoms with Crippen molar-refractivity contribution in [1.29, 1.82) is 0 Å². The summed E-state index contributed by atoms with van der Waals surface area (Å²) in [6.07, 6.45) is 0.289. The standard InChI is InChI=1S/C13H17NO2/c1-2-4-11(5-3-1)8-14-6-7-16-13-10-15-9-12(13)14/h1-5,12-13H,6-10H2/t12-,13+/m0/s1. The zero-order valence-corrected chi connectivity index (χ0v) is 9.34. The molecule has 2 saturated heterocycles. The molecule has 3 rings (SSSR count). The minimum absolute atomic E-state index is 0.289. The molecule has 16 heavy (non-hydrogen) atoms. The maximum absolute atomic E-state index is 5.70. The van der Waals surface area contributed by atoms with Gasteiger partial charge < -0.3 is 9.47 Å². The van der Waals surface area contributed by atoms with E-state index in [1.54, 1.807) is 0 Å². The summed E-state index contributed by atoms with van der Waals surface area (Å²) in [4.78, 5) is 2.48. The SMILES string of the molecule is c1ccc(CN2CCO[C@@H]3COC[C@@H]32)cc1. The van der Waals surface area contributed by atoms with Gasteiger partial charge in [0.1, 0.15) is 0 Å². The molecule has 0 spiro atoms. The summed E-state index contributed by atoms with van der Waals surface area (Å²) in [6, 6.07) is 11.1. The first-order valence-corrected chi connectivity index (χ1v) is 5.91. The Morgan fingerprint density at radius 3 is 2.94 bits per heavy atom. The first-order chi connectivity index (χ1) is 7.93. The van der Waals surface area contributed by atoms with E-state index in [1.807, 2.05) is 0 Å². The van der Waals surface area contributed by atoms with Crippen LogP contribution in [0.5, 0.6) is 0 Å². The van der Waals surface area contributed by atoms with E-state index in [0.717, 1.165) is 32.9 Å². The van der Waals surface area contributed by atoms with Crippen LogP contribution in [0.25, 0.3) is 0 Å². The van der Waals surface area contributed by atoms with E-state index in [0.29, 0.717) is 6.04 Å². The Morgan fingerprint density at radius 1 is 1.19 bits per heavy atom. The lowest BCUT2D eigenvalue weighted by atomic mass is 10.1. The van der Waals surface area contributed by atoms with Crippen LogP contribution in [0.3, 0.4) is 0 Å². The molecule has 1 aromatic carbocycles. The molecule has 0 aromatic heterocycles. The van der Waals surface area contributed by atoms with Crippen molar-refractivity contribution in [1.82, 2.24) is 4.90 Å². The van der Waals surface area contributed by atoms with Crippen LogP contribution >= 0.6 is 0 Å². The topological polar surface area (TPSA) is 21.7 Å². The van der Waals surface area contributed by atoms with Crippen molar-refractivity contribution in [3.05, 3.63) is 35.9 Å². The van der Waals surface area contributed by atoms with Gasteiger partial charge in [-0.05, 0) is 5.56 Å². The van der Waals surface area contributed by atoms with E-state index in [-0.39, 0.29) is 6.10 Å². The smallest absolute Gasteiger partial charge is 0.0986 e. The number of nitrogens with zero attached hydrogens (tertiary/aromatic N) is 1. The second kappa shape index (κ2) is 4.53. The molecule has 2 aliphatic heterocycles. The van der Waals surface area contributed by atoms with E-state index >= 15 is 0 Å². The van der Waals surface area contributed by atoms with Crippen molar-refractivity contribution in [2.75, 3.05) is 26.4 Å². The summed E-state index contributed by atoms with van der Waals surface area (Å²) < 4.78 is 11.2. The Bertz CT molecular complexity index is 341. The van der Waals surface area contributed by atoms with E-state index in [1.165, 1.54) is 5.56 Å². The van der Waals surface area contributed by atoms with Crippen molar-refractivity contribution in [2.45, 2.75) is 18.7 Å².